The third-order valence-electron chi connectivity index (χ3n) is 6.20. The molecule has 1 aromatic carbocycles. The van der Waals surface area contributed by atoms with E-state index in [-0.39, 0.29) is 0 Å². The Morgan fingerprint density at radius 2 is 1.34 bits per heavy atom. The molecule has 29 heavy (non-hydrogen) atoms. The van der Waals surface area contributed by atoms with E-state index in [1.807, 2.05) is 6.20 Å². The van der Waals surface area contributed by atoms with E-state index in [2.05, 4.69) is 62.3 Å². The van der Waals surface area contributed by atoms with E-state index in [1.54, 1.807) is 0 Å². The Hall–Kier alpha value is -1.63. The Balaban J connectivity index is 1.97. The first-order valence-electron chi connectivity index (χ1n) is 12.3. The lowest BCUT2D eigenvalue weighted by molar-refractivity contribution is 0.457. The maximum absolute atomic E-state index is 4.45. The first-order valence-corrected chi connectivity index (χ1v) is 12.3. The monoisotopic (exact) mass is 393 g/mol. The van der Waals surface area contributed by atoms with E-state index in [0.29, 0.717) is 0 Å². The molecule has 0 aliphatic rings. The molecule has 1 aromatic heterocycles. The summed E-state index contributed by atoms with van der Waals surface area (Å²) in [5.41, 5.74) is 5.76. The van der Waals surface area contributed by atoms with Crippen LogP contribution in [0.25, 0.3) is 11.1 Å². The Bertz CT molecular complexity index is 676. The molecule has 1 nitrogen and oxygen atoms in total. The largest absolute Gasteiger partial charge is 0.264 e. The van der Waals surface area contributed by atoms with Crippen molar-refractivity contribution >= 4 is 0 Å². The zero-order valence-corrected chi connectivity index (χ0v) is 19.3. The number of unbranched alkanes of at least 4 members (excludes halogenated alkanes) is 6. The molecule has 0 aliphatic carbocycles. The minimum absolute atomic E-state index is 0.843. The van der Waals surface area contributed by atoms with Crippen molar-refractivity contribution in [1.82, 2.24) is 4.98 Å². The summed E-state index contributed by atoms with van der Waals surface area (Å²) in [7, 11) is 0. The van der Waals surface area contributed by atoms with Gasteiger partial charge in [-0.1, -0.05) is 103 Å². The lowest BCUT2D eigenvalue weighted by Gasteiger charge is -2.15. The summed E-state index contributed by atoms with van der Waals surface area (Å²) in [6, 6.07) is 11.3. The molecule has 0 amide bonds. The van der Waals surface area contributed by atoms with Crippen LogP contribution in [-0.4, -0.2) is 4.98 Å². The molecule has 0 saturated heterocycles. The molecule has 0 aliphatic heterocycles. The number of pyridine rings is 1. The van der Waals surface area contributed by atoms with Gasteiger partial charge in [-0.25, -0.2) is 0 Å². The van der Waals surface area contributed by atoms with Crippen LogP contribution in [0.3, 0.4) is 0 Å². The van der Waals surface area contributed by atoms with Crippen molar-refractivity contribution in [3.05, 3.63) is 53.9 Å². The highest BCUT2D eigenvalue weighted by atomic mass is 14.6. The smallest absolute Gasteiger partial charge is 0.0306 e. The summed E-state index contributed by atoms with van der Waals surface area (Å²) < 4.78 is 0. The number of rotatable bonds is 15. The van der Waals surface area contributed by atoms with E-state index in [0.717, 1.165) is 12.3 Å². The van der Waals surface area contributed by atoms with Crippen molar-refractivity contribution in [2.45, 2.75) is 104 Å². The number of nitrogens with zero attached hydrogens (tertiary/aromatic N) is 1. The first-order chi connectivity index (χ1) is 14.3. The first kappa shape index (κ1) is 23.6. The SMILES string of the molecule is CCCCCCCCc1ccccc1-c1ccncc1CCCC(C)CCCC. The maximum atomic E-state index is 4.45. The van der Waals surface area contributed by atoms with Crippen LogP contribution in [0.4, 0.5) is 0 Å². The molecule has 160 valence electrons. The fourth-order valence-electron chi connectivity index (χ4n) is 4.32. The van der Waals surface area contributed by atoms with E-state index < -0.39 is 0 Å². The summed E-state index contributed by atoms with van der Waals surface area (Å²) in [4.78, 5) is 4.45. The van der Waals surface area contributed by atoms with Gasteiger partial charge in [0.1, 0.15) is 0 Å². The third-order valence-corrected chi connectivity index (χ3v) is 6.20. The summed E-state index contributed by atoms with van der Waals surface area (Å²) in [5.74, 6) is 0.843. The second kappa shape index (κ2) is 14.4. The van der Waals surface area contributed by atoms with Crippen molar-refractivity contribution in [2.75, 3.05) is 0 Å². The highest BCUT2D eigenvalue weighted by molar-refractivity contribution is 5.70. The van der Waals surface area contributed by atoms with Crippen LogP contribution in [0, 0.1) is 5.92 Å². The number of hydrogen-bond acceptors (Lipinski definition) is 1. The van der Waals surface area contributed by atoms with Gasteiger partial charge in [-0.05, 0) is 59.9 Å². The van der Waals surface area contributed by atoms with Crippen LogP contribution < -0.4 is 0 Å². The second-order valence-electron chi connectivity index (χ2n) is 8.85. The zero-order valence-electron chi connectivity index (χ0n) is 19.3. The third kappa shape index (κ3) is 8.72. The standard InChI is InChI=1S/C28H43N/c1-4-6-8-9-10-11-17-25-18-12-13-20-27(25)28-21-22-29-23-26(28)19-14-16-24(3)15-7-5-2/h12-13,18,20-24H,4-11,14-17,19H2,1-3H3. The minimum atomic E-state index is 0.843. The molecular formula is C28H43N. The minimum Gasteiger partial charge on any atom is -0.264 e. The molecule has 0 saturated carbocycles. The van der Waals surface area contributed by atoms with Gasteiger partial charge >= 0.3 is 0 Å². The predicted octanol–water partition coefficient (Wildman–Crippen LogP) is 8.80. The van der Waals surface area contributed by atoms with Crippen molar-refractivity contribution < 1.29 is 0 Å². The van der Waals surface area contributed by atoms with Gasteiger partial charge in [0.2, 0.25) is 0 Å². The molecular weight excluding hydrogens is 350 g/mol. The lowest BCUT2D eigenvalue weighted by atomic mass is 9.91. The average Bonchev–Trinajstić information content (AvgIpc) is 2.75. The summed E-state index contributed by atoms with van der Waals surface area (Å²) in [6.45, 7) is 6.99. The van der Waals surface area contributed by atoms with Crippen LogP contribution in [0.2, 0.25) is 0 Å². The normalized spacial score (nSPS) is 12.2. The van der Waals surface area contributed by atoms with E-state index in [1.165, 1.54) is 99.3 Å². The molecule has 1 atom stereocenters. The fourth-order valence-corrected chi connectivity index (χ4v) is 4.32. The van der Waals surface area contributed by atoms with Crippen LogP contribution in [0.5, 0.6) is 0 Å². The molecule has 1 heteroatoms. The topological polar surface area (TPSA) is 12.9 Å². The molecule has 1 heterocycles. The van der Waals surface area contributed by atoms with E-state index >= 15 is 0 Å². The number of aryl methyl sites for hydroxylation is 2. The molecule has 0 radical (unpaired) electrons. The second-order valence-corrected chi connectivity index (χ2v) is 8.85. The Morgan fingerprint density at radius 3 is 2.17 bits per heavy atom. The van der Waals surface area contributed by atoms with Crippen LogP contribution in [0.15, 0.2) is 42.7 Å². The van der Waals surface area contributed by atoms with Crippen LogP contribution in [-0.2, 0) is 12.8 Å². The van der Waals surface area contributed by atoms with Gasteiger partial charge in [0.15, 0.2) is 0 Å². The van der Waals surface area contributed by atoms with Gasteiger partial charge < -0.3 is 0 Å². The highest BCUT2D eigenvalue weighted by Crippen LogP contribution is 2.29. The highest BCUT2D eigenvalue weighted by Gasteiger charge is 2.10. The zero-order chi connectivity index (χ0) is 20.7. The van der Waals surface area contributed by atoms with Crippen molar-refractivity contribution in [2.24, 2.45) is 5.92 Å². The fraction of sp³-hybridized carbons (Fsp3) is 0.607. The molecule has 0 fully saturated rings. The van der Waals surface area contributed by atoms with Crippen molar-refractivity contribution in [3.63, 3.8) is 0 Å². The van der Waals surface area contributed by atoms with Gasteiger partial charge in [-0.3, -0.25) is 4.98 Å². The molecule has 2 aromatic rings. The predicted molar refractivity (Wildman–Crippen MR) is 128 cm³/mol. The van der Waals surface area contributed by atoms with Gasteiger partial charge in [-0.15, -0.1) is 0 Å². The molecule has 0 N–H and O–H groups in total. The van der Waals surface area contributed by atoms with Crippen LogP contribution >= 0.6 is 0 Å². The van der Waals surface area contributed by atoms with Gasteiger partial charge in [-0.2, -0.15) is 0 Å². The van der Waals surface area contributed by atoms with Crippen LogP contribution in [0.1, 0.15) is 103 Å². The van der Waals surface area contributed by atoms with E-state index in [9.17, 15) is 0 Å². The van der Waals surface area contributed by atoms with Gasteiger partial charge in [0, 0.05) is 12.4 Å². The molecule has 0 bridgehead atoms. The average molecular weight is 394 g/mol. The van der Waals surface area contributed by atoms with E-state index in [4.69, 9.17) is 0 Å². The number of aromatic nitrogens is 1. The van der Waals surface area contributed by atoms with Gasteiger partial charge in [0.05, 0.1) is 0 Å². The van der Waals surface area contributed by atoms with Gasteiger partial charge in [0.25, 0.3) is 0 Å². The maximum Gasteiger partial charge on any atom is 0.0306 e. The molecule has 2 rings (SSSR count). The number of hydrogen-bond donors (Lipinski definition) is 0. The lowest BCUT2D eigenvalue weighted by Crippen LogP contribution is -1.99. The quantitative estimate of drug-likeness (QED) is 0.275. The molecule has 1 unspecified atom stereocenters. The Morgan fingerprint density at radius 1 is 0.690 bits per heavy atom. The van der Waals surface area contributed by atoms with Crippen molar-refractivity contribution in [1.29, 1.82) is 0 Å². The summed E-state index contributed by atoms with van der Waals surface area (Å²) in [6.07, 6.45) is 21.2. The molecule has 0 spiro atoms. The number of benzene rings is 1. The Kier molecular flexibility index (Phi) is 11.7. The summed E-state index contributed by atoms with van der Waals surface area (Å²) >= 11 is 0. The Labute approximate surface area is 180 Å². The summed E-state index contributed by atoms with van der Waals surface area (Å²) in [5, 5.41) is 0. The van der Waals surface area contributed by atoms with Crippen molar-refractivity contribution in [3.8, 4) is 11.1 Å².